The van der Waals surface area contributed by atoms with Crippen LogP contribution in [-0.2, 0) is 0 Å². The maximum atomic E-state index is 5.08. The third-order valence-electron chi connectivity index (χ3n) is 10.3. The Labute approximate surface area is 331 Å². The Morgan fingerprint density at radius 1 is 0.263 bits per heavy atom. The number of fused-ring (bicyclic) bond motifs is 1. The SMILES string of the molecule is c1ccc(-c2ccc(-c3nc(-c4ccc(-c5ccccc5)cc4)nc(-c4cccc(-c5ccc(-c6nc7ccccc7n6-c6ccccc6)cc5)c4)n3)cc2)cc1. The molecule has 0 aliphatic carbocycles. The lowest BCUT2D eigenvalue weighted by atomic mass is 10.0. The van der Waals surface area contributed by atoms with Crippen molar-refractivity contribution in [2.45, 2.75) is 0 Å². The van der Waals surface area contributed by atoms with E-state index in [4.69, 9.17) is 19.9 Å². The van der Waals surface area contributed by atoms with Crippen LogP contribution in [0.25, 0.3) is 95.7 Å². The fraction of sp³-hybridized carbons (Fsp3) is 0. The van der Waals surface area contributed by atoms with Crippen LogP contribution in [0, 0.1) is 0 Å². The van der Waals surface area contributed by atoms with Gasteiger partial charge in [0.05, 0.1) is 11.0 Å². The predicted octanol–water partition coefficient (Wildman–Crippen LogP) is 12.9. The summed E-state index contributed by atoms with van der Waals surface area (Å²) in [5.74, 6) is 2.77. The van der Waals surface area contributed by atoms with E-state index in [2.05, 4.69) is 193 Å². The first-order valence-electron chi connectivity index (χ1n) is 19.1. The Bertz CT molecular complexity index is 2860. The van der Waals surface area contributed by atoms with E-state index in [9.17, 15) is 0 Å². The van der Waals surface area contributed by atoms with E-state index in [1.165, 1.54) is 11.1 Å². The van der Waals surface area contributed by atoms with E-state index >= 15 is 0 Å². The van der Waals surface area contributed by atoms with Gasteiger partial charge in [0, 0.05) is 27.9 Å². The Morgan fingerprint density at radius 2 is 0.649 bits per heavy atom. The summed E-state index contributed by atoms with van der Waals surface area (Å²) in [6.45, 7) is 0. The number of rotatable bonds is 8. The fourth-order valence-electron chi connectivity index (χ4n) is 7.36. The Kier molecular flexibility index (Phi) is 8.78. The molecule has 0 N–H and O–H groups in total. The summed E-state index contributed by atoms with van der Waals surface area (Å²) in [6.07, 6.45) is 0. The first-order chi connectivity index (χ1) is 28.2. The van der Waals surface area contributed by atoms with Gasteiger partial charge in [0.2, 0.25) is 0 Å². The summed E-state index contributed by atoms with van der Waals surface area (Å²) in [7, 11) is 0. The maximum absolute atomic E-state index is 5.08. The fourth-order valence-corrected chi connectivity index (χ4v) is 7.36. The highest BCUT2D eigenvalue weighted by atomic mass is 15.1. The van der Waals surface area contributed by atoms with Crippen LogP contribution in [0.5, 0.6) is 0 Å². The summed E-state index contributed by atoms with van der Waals surface area (Å²) < 4.78 is 2.23. The Balaban J connectivity index is 1.02. The lowest BCUT2D eigenvalue weighted by Gasteiger charge is -2.11. The third-order valence-corrected chi connectivity index (χ3v) is 10.3. The van der Waals surface area contributed by atoms with E-state index in [1.54, 1.807) is 0 Å². The van der Waals surface area contributed by atoms with Gasteiger partial charge in [-0.05, 0) is 63.7 Å². The summed E-state index contributed by atoms with van der Waals surface area (Å²) in [6, 6.07) is 73.4. The van der Waals surface area contributed by atoms with E-state index < -0.39 is 0 Å². The molecule has 10 aromatic rings. The average molecular weight is 730 g/mol. The molecule has 268 valence electrons. The van der Waals surface area contributed by atoms with Crippen molar-refractivity contribution < 1.29 is 0 Å². The molecule has 5 heteroatoms. The van der Waals surface area contributed by atoms with Crippen molar-refractivity contribution in [3.05, 3.63) is 212 Å². The first kappa shape index (κ1) is 33.8. The van der Waals surface area contributed by atoms with Crippen LogP contribution in [0.15, 0.2) is 212 Å². The quantitative estimate of drug-likeness (QED) is 0.156. The molecular formula is C52H35N5. The zero-order valence-corrected chi connectivity index (χ0v) is 30.9. The van der Waals surface area contributed by atoms with Gasteiger partial charge in [-0.2, -0.15) is 0 Å². The van der Waals surface area contributed by atoms with Crippen molar-refractivity contribution in [3.8, 4) is 84.6 Å². The van der Waals surface area contributed by atoms with Crippen molar-refractivity contribution in [3.63, 3.8) is 0 Å². The van der Waals surface area contributed by atoms with Crippen LogP contribution in [0.3, 0.4) is 0 Å². The number of benzene rings is 8. The van der Waals surface area contributed by atoms with Crippen molar-refractivity contribution in [1.82, 2.24) is 24.5 Å². The molecule has 10 rings (SSSR count). The van der Waals surface area contributed by atoms with Crippen molar-refractivity contribution in [1.29, 1.82) is 0 Å². The number of nitrogens with zero attached hydrogens (tertiary/aromatic N) is 5. The zero-order chi connectivity index (χ0) is 38.0. The van der Waals surface area contributed by atoms with Crippen molar-refractivity contribution in [2.24, 2.45) is 0 Å². The second-order valence-corrected chi connectivity index (χ2v) is 13.9. The van der Waals surface area contributed by atoms with Gasteiger partial charge < -0.3 is 0 Å². The molecule has 0 aliphatic rings. The summed E-state index contributed by atoms with van der Waals surface area (Å²) in [4.78, 5) is 20.3. The molecule has 0 aliphatic heterocycles. The van der Waals surface area contributed by atoms with Crippen LogP contribution in [0.1, 0.15) is 0 Å². The lowest BCUT2D eigenvalue weighted by Crippen LogP contribution is -2.00. The topological polar surface area (TPSA) is 56.5 Å². The highest BCUT2D eigenvalue weighted by Crippen LogP contribution is 2.33. The third kappa shape index (κ3) is 6.79. The molecular weight excluding hydrogens is 695 g/mol. The van der Waals surface area contributed by atoms with Crippen LogP contribution >= 0.6 is 0 Å². The smallest absolute Gasteiger partial charge is 0.164 e. The number of imidazole rings is 1. The minimum atomic E-state index is 0.615. The number of hydrogen-bond acceptors (Lipinski definition) is 4. The highest BCUT2D eigenvalue weighted by molar-refractivity contribution is 5.84. The molecule has 0 saturated carbocycles. The second kappa shape index (κ2) is 14.8. The number of para-hydroxylation sites is 3. The summed E-state index contributed by atoms with van der Waals surface area (Å²) in [5, 5.41) is 0. The minimum Gasteiger partial charge on any atom is -0.292 e. The molecule has 5 nitrogen and oxygen atoms in total. The van der Waals surface area contributed by atoms with E-state index in [0.29, 0.717) is 17.5 Å². The van der Waals surface area contributed by atoms with Gasteiger partial charge in [-0.15, -0.1) is 0 Å². The van der Waals surface area contributed by atoms with E-state index in [-0.39, 0.29) is 0 Å². The van der Waals surface area contributed by atoms with Gasteiger partial charge in [-0.25, -0.2) is 19.9 Å². The van der Waals surface area contributed by atoms with E-state index in [1.807, 2.05) is 24.3 Å². The van der Waals surface area contributed by atoms with Crippen LogP contribution in [0.2, 0.25) is 0 Å². The van der Waals surface area contributed by atoms with E-state index in [0.717, 1.165) is 67.1 Å². The molecule has 8 aromatic carbocycles. The molecule has 2 heterocycles. The average Bonchev–Trinajstić information content (AvgIpc) is 3.70. The molecule has 0 atom stereocenters. The van der Waals surface area contributed by atoms with Gasteiger partial charge in [0.25, 0.3) is 0 Å². The molecule has 0 saturated heterocycles. The Hall–Kier alpha value is -7.76. The molecule has 2 aromatic heterocycles. The molecule has 0 amide bonds. The highest BCUT2D eigenvalue weighted by Gasteiger charge is 2.16. The number of hydrogen-bond donors (Lipinski definition) is 0. The maximum Gasteiger partial charge on any atom is 0.164 e. The van der Waals surface area contributed by atoms with Crippen molar-refractivity contribution >= 4 is 11.0 Å². The lowest BCUT2D eigenvalue weighted by molar-refractivity contribution is 1.07. The summed E-state index contributed by atoms with van der Waals surface area (Å²) >= 11 is 0. The Morgan fingerprint density at radius 3 is 1.21 bits per heavy atom. The molecule has 0 unspecified atom stereocenters. The predicted molar refractivity (Wildman–Crippen MR) is 233 cm³/mol. The molecule has 0 bridgehead atoms. The first-order valence-corrected chi connectivity index (χ1v) is 19.1. The van der Waals surface area contributed by atoms with Gasteiger partial charge in [0.15, 0.2) is 17.5 Å². The molecule has 57 heavy (non-hydrogen) atoms. The van der Waals surface area contributed by atoms with Crippen LogP contribution < -0.4 is 0 Å². The van der Waals surface area contributed by atoms with Crippen LogP contribution in [-0.4, -0.2) is 24.5 Å². The standard InChI is InChI=1S/C52H35N5/c1-4-13-36(14-5-1)38-23-29-41(30-24-38)49-54-50(42-31-25-39(26-32-42)37-15-6-2-7-16-37)56-51(55-49)45-18-12-17-44(35-45)40-27-33-43(34-28-40)52-53-47-21-10-11-22-48(47)57(52)46-19-8-3-9-20-46/h1-35H. The normalized spacial score (nSPS) is 11.2. The molecule has 0 spiro atoms. The monoisotopic (exact) mass is 729 g/mol. The zero-order valence-electron chi connectivity index (χ0n) is 30.9. The summed E-state index contributed by atoms with van der Waals surface area (Å²) in [5.41, 5.74) is 13.7. The number of aromatic nitrogens is 5. The van der Waals surface area contributed by atoms with Gasteiger partial charge in [-0.3, -0.25) is 4.57 Å². The van der Waals surface area contributed by atoms with Gasteiger partial charge >= 0.3 is 0 Å². The minimum absolute atomic E-state index is 0.615. The largest absolute Gasteiger partial charge is 0.292 e. The second-order valence-electron chi connectivity index (χ2n) is 13.9. The molecule has 0 radical (unpaired) electrons. The van der Waals surface area contributed by atoms with Gasteiger partial charge in [0.1, 0.15) is 5.82 Å². The van der Waals surface area contributed by atoms with Crippen molar-refractivity contribution in [2.75, 3.05) is 0 Å². The molecule has 0 fully saturated rings. The van der Waals surface area contributed by atoms with Gasteiger partial charge in [-0.1, -0.05) is 182 Å². The van der Waals surface area contributed by atoms with Crippen LogP contribution in [0.4, 0.5) is 0 Å².